The predicted molar refractivity (Wildman–Crippen MR) is 105 cm³/mol. The molecule has 1 unspecified atom stereocenters. The highest BCUT2D eigenvalue weighted by Crippen LogP contribution is 2.09. The number of carbonyl (C=O) groups is 1. The second kappa shape index (κ2) is 13.5. The zero-order valence-corrected chi connectivity index (χ0v) is 15.9. The summed E-state index contributed by atoms with van der Waals surface area (Å²) in [6.45, 7) is 4.22. The first-order valence-corrected chi connectivity index (χ1v) is 8.55. The highest BCUT2D eigenvalue weighted by Gasteiger charge is 2.13. The van der Waals surface area contributed by atoms with Crippen molar-refractivity contribution in [3.05, 3.63) is 35.9 Å². The Hall–Kier alpha value is -0.810. The van der Waals surface area contributed by atoms with E-state index in [-0.39, 0.29) is 30.7 Å². The van der Waals surface area contributed by atoms with Gasteiger partial charge in [0, 0.05) is 6.54 Å². The Morgan fingerprint density at radius 2 is 1.71 bits per heavy atom. The van der Waals surface area contributed by atoms with Gasteiger partial charge in [-0.1, -0.05) is 43.2 Å². The normalized spacial score (nSPS) is 16.2. The fraction of sp³-hybridized carbons (Fsp3) is 0.611. The molecule has 0 aliphatic carbocycles. The van der Waals surface area contributed by atoms with Crippen LogP contribution in [-0.2, 0) is 11.2 Å². The number of nitrogens with two attached hydrogens (primary N) is 1. The molecule has 4 nitrogen and oxygen atoms in total. The van der Waals surface area contributed by atoms with Gasteiger partial charge in [-0.15, -0.1) is 24.8 Å². The molecule has 0 bridgehead atoms. The lowest BCUT2D eigenvalue weighted by Gasteiger charge is -2.20. The first kappa shape index (κ1) is 23.2. The molecule has 1 aromatic carbocycles. The van der Waals surface area contributed by atoms with Crippen molar-refractivity contribution < 1.29 is 4.79 Å². The van der Waals surface area contributed by atoms with E-state index in [1.165, 1.54) is 38.8 Å². The summed E-state index contributed by atoms with van der Waals surface area (Å²) in [6, 6.07) is 9.47. The summed E-state index contributed by atoms with van der Waals surface area (Å²) in [6.07, 6.45) is 6.95. The number of nitrogens with zero attached hydrogens (tertiary/aromatic N) is 1. The maximum Gasteiger partial charge on any atom is 0.237 e. The van der Waals surface area contributed by atoms with Gasteiger partial charge in [-0.05, 0) is 50.9 Å². The van der Waals surface area contributed by atoms with Crippen molar-refractivity contribution in [3.63, 3.8) is 0 Å². The number of likely N-dealkylation sites (tertiary alicyclic amines) is 1. The Bertz CT molecular complexity index is 437. The number of benzene rings is 1. The summed E-state index contributed by atoms with van der Waals surface area (Å²) in [7, 11) is 0. The van der Waals surface area contributed by atoms with Crippen LogP contribution < -0.4 is 11.1 Å². The minimum atomic E-state index is -0.458. The zero-order chi connectivity index (χ0) is 15.6. The van der Waals surface area contributed by atoms with Crippen LogP contribution in [0.1, 0.15) is 37.7 Å². The van der Waals surface area contributed by atoms with Crippen molar-refractivity contribution in [2.45, 2.75) is 44.6 Å². The molecule has 1 heterocycles. The van der Waals surface area contributed by atoms with Gasteiger partial charge in [0.2, 0.25) is 5.91 Å². The van der Waals surface area contributed by atoms with Gasteiger partial charge in [-0.2, -0.15) is 0 Å². The zero-order valence-electron chi connectivity index (χ0n) is 14.3. The third-order valence-corrected chi connectivity index (χ3v) is 4.28. The molecule has 0 spiro atoms. The number of amides is 1. The van der Waals surface area contributed by atoms with Crippen LogP contribution >= 0.6 is 24.8 Å². The van der Waals surface area contributed by atoms with Crippen LogP contribution in [0.15, 0.2) is 30.3 Å². The third kappa shape index (κ3) is 8.88. The van der Waals surface area contributed by atoms with Crippen molar-refractivity contribution >= 4 is 30.7 Å². The Morgan fingerprint density at radius 3 is 2.33 bits per heavy atom. The summed E-state index contributed by atoms with van der Waals surface area (Å²) in [5.74, 6) is -0.0419. The van der Waals surface area contributed by atoms with Crippen molar-refractivity contribution in [2.24, 2.45) is 5.73 Å². The molecule has 0 radical (unpaired) electrons. The number of halogens is 2. The number of carbonyl (C=O) groups excluding carboxylic acids is 1. The van der Waals surface area contributed by atoms with Gasteiger partial charge >= 0.3 is 0 Å². The van der Waals surface area contributed by atoms with Gasteiger partial charge in [0.1, 0.15) is 0 Å². The fourth-order valence-corrected chi connectivity index (χ4v) is 2.97. The van der Waals surface area contributed by atoms with Crippen molar-refractivity contribution in [1.82, 2.24) is 10.2 Å². The van der Waals surface area contributed by atoms with Crippen LogP contribution in [0.2, 0.25) is 0 Å². The van der Waals surface area contributed by atoms with Gasteiger partial charge in [-0.3, -0.25) is 4.79 Å². The van der Waals surface area contributed by atoms with Gasteiger partial charge < -0.3 is 16.0 Å². The molecule has 1 atom stereocenters. The van der Waals surface area contributed by atoms with Crippen molar-refractivity contribution in [1.29, 1.82) is 0 Å². The lowest BCUT2D eigenvalue weighted by atomic mass is 10.1. The predicted octanol–water partition coefficient (Wildman–Crippen LogP) is 2.78. The molecule has 1 fully saturated rings. The van der Waals surface area contributed by atoms with Crippen LogP contribution in [-0.4, -0.2) is 43.0 Å². The maximum atomic E-state index is 12.0. The molecule has 1 aromatic rings. The van der Waals surface area contributed by atoms with E-state index < -0.39 is 6.04 Å². The van der Waals surface area contributed by atoms with Crippen LogP contribution in [0, 0.1) is 0 Å². The highest BCUT2D eigenvalue weighted by molar-refractivity contribution is 5.85. The average Bonchev–Trinajstić information content (AvgIpc) is 2.81. The SMILES string of the molecule is Cl.Cl.NC(Cc1ccccc1)C(=O)NCCCN1CCCCCC1. The van der Waals surface area contributed by atoms with E-state index in [0.717, 1.165) is 25.1 Å². The van der Waals surface area contributed by atoms with Crippen LogP contribution in [0.4, 0.5) is 0 Å². The first-order chi connectivity index (χ1) is 10.8. The third-order valence-electron chi connectivity index (χ3n) is 4.28. The minimum absolute atomic E-state index is 0. The van der Waals surface area contributed by atoms with Gasteiger partial charge in [0.15, 0.2) is 0 Å². The van der Waals surface area contributed by atoms with Crippen molar-refractivity contribution in [2.75, 3.05) is 26.2 Å². The number of hydrogen-bond donors (Lipinski definition) is 2. The molecule has 1 amide bonds. The quantitative estimate of drug-likeness (QED) is 0.720. The lowest BCUT2D eigenvalue weighted by molar-refractivity contribution is -0.122. The van der Waals surface area contributed by atoms with Crippen LogP contribution in [0.25, 0.3) is 0 Å². The molecule has 138 valence electrons. The maximum absolute atomic E-state index is 12.0. The van der Waals surface area contributed by atoms with Gasteiger partial charge in [0.25, 0.3) is 0 Å². The summed E-state index contributed by atoms with van der Waals surface area (Å²) >= 11 is 0. The van der Waals surface area contributed by atoms with E-state index in [9.17, 15) is 4.79 Å². The minimum Gasteiger partial charge on any atom is -0.355 e. The smallest absolute Gasteiger partial charge is 0.237 e. The van der Waals surface area contributed by atoms with E-state index in [1.54, 1.807) is 0 Å². The Labute approximate surface area is 158 Å². The molecule has 3 N–H and O–H groups in total. The fourth-order valence-electron chi connectivity index (χ4n) is 2.97. The molecular weight excluding hydrogens is 345 g/mol. The molecule has 6 heteroatoms. The highest BCUT2D eigenvalue weighted by atomic mass is 35.5. The van der Waals surface area contributed by atoms with E-state index >= 15 is 0 Å². The Balaban J connectivity index is 0.00000264. The number of hydrogen-bond acceptors (Lipinski definition) is 3. The summed E-state index contributed by atoms with van der Waals surface area (Å²) < 4.78 is 0. The molecule has 24 heavy (non-hydrogen) atoms. The molecule has 1 aliphatic heterocycles. The largest absolute Gasteiger partial charge is 0.355 e. The first-order valence-electron chi connectivity index (χ1n) is 8.55. The monoisotopic (exact) mass is 375 g/mol. The molecule has 1 aliphatic rings. The van der Waals surface area contributed by atoms with Gasteiger partial charge in [0.05, 0.1) is 6.04 Å². The number of rotatable bonds is 7. The standard InChI is InChI=1S/C18H29N3O.2ClH/c19-17(15-16-9-4-3-5-10-16)18(22)20-11-8-14-21-12-6-1-2-7-13-21;;/h3-5,9-10,17H,1-2,6-8,11-15,19H2,(H,20,22);2*1H. The Kier molecular flexibility index (Phi) is 13.0. The van der Waals surface area contributed by atoms with E-state index in [2.05, 4.69) is 10.2 Å². The summed E-state index contributed by atoms with van der Waals surface area (Å²) in [5.41, 5.74) is 7.08. The van der Waals surface area contributed by atoms with Crippen LogP contribution in [0.3, 0.4) is 0 Å². The number of nitrogens with one attached hydrogen (secondary N) is 1. The molecule has 0 saturated carbocycles. The lowest BCUT2D eigenvalue weighted by Crippen LogP contribution is -2.42. The molecule has 2 rings (SSSR count). The van der Waals surface area contributed by atoms with Crippen LogP contribution in [0.5, 0.6) is 0 Å². The van der Waals surface area contributed by atoms with E-state index in [0.29, 0.717) is 6.42 Å². The molecule has 0 aromatic heterocycles. The molecular formula is C18H31Cl2N3O. The summed E-state index contributed by atoms with van der Waals surface area (Å²) in [4.78, 5) is 14.5. The van der Waals surface area contributed by atoms with E-state index in [1.807, 2.05) is 30.3 Å². The van der Waals surface area contributed by atoms with Crippen molar-refractivity contribution in [3.8, 4) is 0 Å². The second-order valence-corrected chi connectivity index (χ2v) is 6.20. The average molecular weight is 376 g/mol. The van der Waals surface area contributed by atoms with Gasteiger partial charge in [-0.25, -0.2) is 0 Å². The Morgan fingerprint density at radius 1 is 1.08 bits per heavy atom. The van der Waals surface area contributed by atoms with E-state index in [4.69, 9.17) is 5.73 Å². The topological polar surface area (TPSA) is 58.4 Å². The molecule has 1 saturated heterocycles. The summed E-state index contributed by atoms with van der Waals surface area (Å²) in [5, 5.41) is 2.97. The second-order valence-electron chi connectivity index (χ2n) is 6.20.